The van der Waals surface area contributed by atoms with Crippen molar-refractivity contribution in [2.75, 3.05) is 36.8 Å². The van der Waals surface area contributed by atoms with Gasteiger partial charge in [-0.1, -0.05) is 20.8 Å². The quantitative estimate of drug-likeness (QED) is 0.421. The van der Waals surface area contributed by atoms with Crippen molar-refractivity contribution in [3.8, 4) is 0 Å². The number of nitrogens with zero attached hydrogens (tertiary/aromatic N) is 4. The summed E-state index contributed by atoms with van der Waals surface area (Å²) in [5.41, 5.74) is 1.38. The largest absolute Gasteiger partial charge is 0.370 e. The van der Waals surface area contributed by atoms with Crippen LogP contribution >= 0.6 is 11.6 Å². The maximum atomic E-state index is 12.2. The van der Waals surface area contributed by atoms with Crippen molar-refractivity contribution in [3.63, 3.8) is 0 Å². The number of aromatic nitrogens is 1. The van der Waals surface area contributed by atoms with E-state index in [1.807, 2.05) is 40.0 Å². The summed E-state index contributed by atoms with van der Waals surface area (Å²) in [6.07, 6.45) is 9.90. The summed E-state index contributed by atoms with van der Waals surface area (Å²) in [7, 11) is 0. The third-order valence-corrected chi connectivity index (χ3v) is 7.51. The lowest BCUT2D eigenvalue weighted by Crippen LogP contribution is -2.39. The number of guanidine groups is 1. The first-order chi connectivity index (χ1) is 16.2. The van der Waals surface area contributed by atoms with Gasteiger partial charge < -0.3 is 15.5 Å². The van der Waals surface area contributed by atoms with E-state index in [1.54, 1.807) is 6.20 Å². The molecule has 8 heteroatoms. The number of pyridine rings is 1. The first-order valence-electron chi connectivity index (χ1n) is 12.7. The summed E-state index contributed by atoms with van der Waals surface area (Å²) in [5, 5.41) is 6.38. The predicted molar refractivity (Wildman–Crippen MR) is 141 cm³/mol. The van der Waals surface area contributed by atoms with Crippen LogP contribution in [-0.4, -0.2) is 59.5 Å². The molecule has 7 nitrogen and oxygen atoms in total. The van der Waals surface area contributed by atoms with Gasteiger partial charge in [0.15, 0.2) is 0 Å². The number of alkyl halides is 1. The van der Waals surface area contributed by atoms with Gasteiger partial charge in [0.05, 0.1) is 23.8 Å². The Morgan fingerprint density at radius 1 is 1.26 bits per heavy atom. The Kier molecular flexibility index (Phi) is 7.80. The molecule has 0 spiro atoms. The van der Waals surface area contributed by atoms with Gasteiger partial charge in [-0.05, 0) is 68.4 Å². The topological polar surface area (TPSA) is 82.0 Å². The van der Waals surface area contributed by atoms with E-state index in [0.29, 0.717) is 6.54 Å². The van der Waals surface area contributed by atoms with E-state index in [1.165, 1.54) is 25.7 Å². The molecule has 1 saturated heterocycles. The van der Waals surface area contributed by atoms with E-state index < -0.39 is 5.41 Å². The Hall–Kier alpha value is -2.15. The van der Waals surface area contributed by atoms with Gasteiger partial charge >= 0.3 is 0 Å². The zero-order valence-electron chi connectivity index (χ0n) is 21.0. The van der Waals surface area contributed by atoms with Crippen molar-refractivity contribution in [1.29, 1.82) is 0 Å². The molecule has 3 heterocycles. The van der Waals surface area contributed by atoms with Gasteiger partial charge in [0.1, 0.15) is 5.82 Å². The molecule has 0 aromatic carbocycles. The minimum Gasteiger partial charge on any atom is -0.370 e. The monoisotopic (exact) mass is 486 g/mol. The highest BCUT2D eigenvalue weighted by Crippen LogP contribution is 2.50. The van der Waals surface area contributed by atoms with Crippen LogP contribution in [0, 0.1) is 30.1 Å². The van der Waals surface area contributed by atoms with Gasteiger partial charge in [0, 0.05) is 31.3 Å². The molecule has 2 aliphatic heterocycles. The summed E-state index contributed by atoms with van der Waals surface area (Å²) in [6, 6.07) is 2.01. The zero-order chi connectivity index (χ0) is 24.3. The number of aryl methyl sites for hydroxylation is 1. The fourth-order valence-corrected chi connectivity index (χ4v) is 5.09. The van der Waals surface area contributed by atoms with Crippen molar-refractivity contribution in [1.82, 2.24) is 9.88 Å². The Labute approximate surface area is 208 Å². The second kappa shape index (κ2) is 10.6. The van der Waals surface area contributed by atoms with Crippen molar-refractivity contribution in [2.24, 2.45) is 33.2 Å². The Balaban J connectivity index is 1.13. The summed E-state index contributed by atoms with van der Waals surface area (Å²) in [6.45, 7) is 11.4. The number of hydrogen-bond acceptors (Lipinski definition) is 6. The zero-order valence-corrected chi connectivity index (χ0v) is 21.7. The first-order valence-corrected chi connectivity index (χ1v) is 13.1. The molecule has 0 radical (unpaired) electrons. The van der Waals surface area contributed by atoms with Crippen LogP contribution < -0.4 is 10.6 Å². The number of nitrogens with one attached hydrogen (secondary N) is 2. The molecule has 3 aliphatic rings. The average Bonchev–Trinajstić information content (AvgIpc) is 3.58. The number of piperidine rings is 1. The minimum atomic E-state index is -0.422. The summed E-state index contributed by atoms with van der Waals surface area (Å²) < 4.78 is 0. The van der Waals surface area contributed by atoms with E-state index in [0.717, 1.165) is 66.8 Å². The lowest BCUT2D eigenvalue weighted by molar-refractivity contribution is -0.123. The highest BCUT2D eigenvalue weighted by Gasteiger charge is 2.43. The lowest BCUT2D eigenvalue weighted by atomic mass is 9.90. The number of anilines is 2. The molecule has 0 bridgehead atoms. The van der Waals surface area contributed by atoms with Crippen LogP contribution in [0.15, 0.2) is 22.2 Å². The maximum absolute atomic E-state index is 12.2. The molecule has 2 unspecified atom stereocenters. The molecule has 1 aromatic heterocycles. The number of amides is 1. The van der Waals surface area contributed by atoms with Gasteiger partial charge in [-0.25, -0.2) is 15.0 Å². The van der Waals surface area contributed by atoms with E-state index in [2.05, 4.69) is 30.5 Å². The third-order valence-electron chi connectivity index (χ3n) is 7.26. The van der Waals surface area contributed by atoms with Crippen molar-refractivity contribution >= 4 is 41.2 Å². The van der Waals surface area contributed by atoms with Crippen molar-refractivity contribution < 1.29 is 4.79 Å². The van der Waals surface area contributed by atoms with Gasteiger partial charge in [-0.15, -0.1) is 11.6 Å². The maximum Gasteiger partial charge on any atom is 0.229 e. The SMILES string of the molecule is Cc1cc(NCCCC2C[C@@H]2C2CCN(C3=NCC(Cl)C=N3)CC2)ncc1NC(=O)C(C)(C)C. The molecule has 1 aromatic rings. The number of aliphatic imine (C=N–C) groups is 2. The number of halogens is 1. The highest BCUT2D eigenvalue weighted by molar-refractivity contribution is 6.29. The smallest absolute Gasteiger partial charge is 0.229 e. The van der Waals surface area contributed by atoms with E-state index in [-0.39, 0.29) is 11.3 Å². The van der Waals surface area contributed by atoms with Crippen LogP contribution in [0.4, 0.5) is 11.5 Å². The fourth-order valence-electron chi connectivity index (χ4n) is 4.97. The van der Waals surface area contributed by atoms with Gasteiger partial charge in [0.25, 0.3) is 0 Å². The minimum absolute atomic E-state index is 0.00322. The van der Waals surface area contributed by atoms with Gasteiger partial charge in [0.2, 0.25) is 11.9 Å². The van der Waals surface area contributed by atoms with Crippen LogP contribution in [0.3, 0.4) is 0 Å². The molecule has 34 heavy (non-hydrogen) atoms. The highest BCUT2D eigenvalue weighted by atomic mass is 35.5. The Morgan fingerprint density at radius 2 is 2.03 bits per heavy atom. The number of rotatable bonds is 7. The van der Waals surface area contributed by atoms with Gasteiger partial charge in [-0.2, -0.15) is 0 Å². The normalized spacial score (nSPS) is 25.1. The molecular weight excluding hydrogens is 448 g/mol. The Bertz CT molecular complexity index is 932. The third kappa shape index (κ3) is 6.49. The fraction of sp³-hybridized carbons (Fsp3) is 0.692. The summed E-state index contributed by atoms with van der Waals surface area (Å²) in [5.74, 6) is 4.39. The van der Waals surface area contributed by atoms with Crippen LogP contribution in [0.25, 0.3) is 0 Å². The average molecular weight is 487 g/mol. The molecule has 3 atom stereocenters. The van der Waals surface area contributed by atoms with E-state index >= 15 is 0 Å². The van der Waals surface area contributed by atoms with E-state index in [4.69, 9.17) is 11.6 Å². The second-order valence-corrected chi connectivity index (χ2v) is 11.6. The number of carbonyl (C=O) groups excluding carboxylic acids is 1. The van der Waals surface area contributed by atoms with Crippen LogP contribution in [0.5, 0.6) is 0 Å². The van der Waals surface area contributed by atoms with Crippen molar-refractivity contribution in [3.05, 3.63) is 17.8 Å². The second-order valence-electron chi connectivity index (χ2n) is 11.1. The van der Waals surface area contributed by atoms with Crippen LogP contribution in [0.2, 0.25) is 0 Å². The number of likely N-dealkylation sites (tertiary alicyclic amines) is 1. The molecule has 186 valence electrons. The Morgan fingerprint density at radius 3 is 2.68 bits per heavy atom. The number of hydrogen-bond donors (Lipinski definition) is 2. The molecule has 1 amide bonds. The summed E-state index contributed by atoms with van der Waals surface area (Å²) >= 11 is 6.04. The molecule has 2 fully saturated rings. The lowest BCUT2D eigenvalue weighted by Gasteiger charge is -2.33. The molecule has 4 rings (SSSR count). The molecular formula is C26H39ClN6O. The van der Waals surface area contributed by atoms with Gasteiger partial charge in [-0.3, -0.25) is 4.79 Å². The predicted octanol–water partition coefficient (Wildman–Crippen LogP) is 4.96. The standard InChI is InChI=1S/C26H39ClN6O/c1-17-12-23(29-16-22(17)32-24(34)26(2,3)4)28-9-5-6-19-13-21(19)18-7-10-33(11-8-18)25-30-14-20(27)15-31-25/h12,14,16,18-21H,5-11,13,15H2,1-4H3,(H,28,29)(H,32,34)/t19?,20?,21-/m1/s1. The molecule has 2 N–H and O–H groups in total. The first kappa shape index (κ1) is 25.0. The van der Waals surface area contributed by atoms with E-state index in [9.17, 15) is 4.79 Å². The van der Waals surface area contributed by atoms with Crippen LogP contribution in [-0.2, 0) is 4.79 Å². The molecule has 1 saturated carbocycles. The van der Waals surface area contributed by atoms with Crippen molar-refractivity contribution in [2.45, 2.75) is 65.2 Å². The summed E-state index contributed by atoms with van der Waals surface area (Å²) in [4.78, 5) is 28.0. The van der Waals surface area contributed by atoms with Crippen LogP contribution in [0.1, 0.15) is 58.4 Å². The number of carbonyl (C=O) groups is 1. The molecule has 1 aliphatic carbocycles.